The highest BCUT2D eigenvalue weighted by atomic mass is 32.2. The second-order valence-electron chi connectivity index (χ2n) is 5.60. The molecule has 1 amide bonds. The van der Waals surface area contributed by atoms with Crippen LogP contribution >= 0.6 is 11.8 Å². The van der Waals surface area contributed by atoms with Crippen LogP contribution in [0, 0.1) is 0 Å². The fourth-order valence-corrected chi connectivity index (χ4v) is 3.24. The van der Waals surface area contributed by atoms with Crippen LogP contribution in [-0.4, -0.2) is 38.0 Å². The van der Waals surface area contributed by atoms with Gasteiger partial charge in [-0.2, -0.15) is 5.10 Å². The van der Waals surface area contributed by atoms with Crippen molar-refractivity contribution in [3.05, 3.63) is 40.6 Å². The average Bonchev–Trinajstić information content (AvgIpc) is 3.09. The summed E-state index contributed by atoms with van der Waals surface area (Å²) in [6, 6.07) is 2.41. The zero-order valence-electron chi connectivity index (χ0n) is 12.9. The summed E-state index contributed by atoms with van der Waals surface area (Å²) in [5.74, 6) is -0.353. The number of rotatable bonds is 4. The number of thioether (sulfide) groups is 1. The minimum Gasteiger partial charge on any atom is -0.349 e. The summed E-state index contributed by atoms with van der Waals surface area (Å²) in [6.07, 6.45) is 10.6. The molecule has 0 aromatic carbocycles. The maximum absolute atomic E-state index is 12.2. The first-order valence-electron chi connectivity index (χ1n) is 7.60. The minimum absolute atomic E-state index is 0.0667. The topological polar surface area (TPSA) is 92.7 Å². The van der Waals surface area contributed by atoms with Gasteiger partial charge in [-0.1, -0.05) is 11.8 Å². The third kappa shape index (κ3) is 3.64. The summed E-state index contributed by atoms with van der Waals surface area (Å²) in [6.45, 7) is 0. The molecule has 3 rings (SSSR count). The van der Waals surface area contributed by atoms with E-state index in [2.05, 4.69) is 20.4 Å². The van der Waals surface area contributed by atoms with Gasteiger partial charge in [-0.3, -0.25) is 14.3 Å². The molecule has 122 valence electrons. The van der Waals surface area contributed by atoms with Crippen molar-refractivity contribution in [3.8, 4) is 0 Å². The van der Waals surface area contributed by atoms with Gasteiger partial charge in [0.15, 0.2) is 5.16 Å². The van der Waals surface area contributed by atoms with Gasteiger partial charge < -0.3 is 10.3 Å². The number of hydrogen-bond acceptors (Lipinski definition) is 5. The summed E-state index contributed by atoms with van der Waals surface area (Å²) in [7, 11) is 0. The van der Waals surface area contributed by atoms with Crippen LogP contribution in [0.5, 0.6) is 0 Å². The fourth-order valence-electron chi connectivity index (χ4n) is 2.89. The number of nitrogens with one attached hydrogen (secondary N) is 2. The zero-order chi connectivity index (χ0) is 16.2. The highest BCUT2D eigenvalue weighted by molar-refractivity contribution is 7.98. The quantitative estimate of drug-likeness (QED) is 0.655. The summed E-state index contributed by atoms with van der Waals surface area (Å²) in [4.78, 5) is 30.8. The van der Waals surface area contributed by atoms with Crippen molar-refractivity contribution in [2.24, 2.45) is 0 Å². The van der Waals surface area contributed by atoms with Gasteiger partial charge in [0.2, 0.25) is 0 Å². The molecule has 1 aliphatic rings. The molecule has 1 aliphatic carbocycles. The largest absolute Gasteiger partial charge is 0.349 e. The van der Waals surface area contributed by atoms with E-state index < -0.39 is 5.56 Å². The van der Waals surface area contributed by atoms with Crippen LogP contribution in [0.4, 0.5) is 0 Å². The molecule has 0 spiro atoms. The molecule has 1 fully saturated rings. The minimum atomic E-state index is -0.396. The summed E-state index contributed by atoms with van der Waals surface area (Å²) in [5.41, 5.74) is -0.330. The molecule has 2 heterocycles. The summed E-state index contributed by atoms with van der Waals surface area (Å²) in [5, 5.41) is 7.72. The number of nitrogens with zero attached hydrogens (tertiary/aromatic N) is 3. The molecule has 2 aromatic heterocycles. The Labute approximate surface area is 137 Å². The van der Waals surface area contributed by atoms with E-state index in [-0.39, 0.29) is 17.5 Å². The van der Waals surface area contributed by atoms with Crippen LogP contribution in [0.2, 0.25) is 0 Å². The van der Waals surface area contributed by atoms with E-state index >= 15 is 0 Å². The molecular weight excluding hydrogens is 314 g/mol. The number of aromatic amines is 1. The second-order valence-corrected chi connectivity index (χ2v) is 6.40. The maximum atomic E-state index is 12.2. The number of hydrogen-bond donors (Lipinski definition) is 2. The molecule has 2 aromatic rings. The van der Waals surface area contributed by atoms with Crippen molar-refractivity contribution < 1.29 is 4.79 Å². The van der Waals surface area contributed by atoms with E-state index in [1.807, 2.05) is 23.2 Å². The number of carbonyl (C=O) groups is 1. The Hall–Kier alpha value is -2.09. The lowest BCUT2D eigenvalue weighted by Crippen LogP contribution is -2.40. The Morgan fingerprint density at radius 2 is 2.17 bits per heavy atom. The molecule has 1 saturated carbocycles. The van der Waals surface area contributed by atoms with Gasteiger partial charge in [0.25, 0.3) is 11.5 Å². The molecular formula is C15H19N5O2S. The van der Waals surface area contributed by atoms with Crippen molar-refractivity contribution >= 4 is 17.7 Å². The highest BCUT2D eigenvalue weighted by Gasteiger charge is 2.24. The molecule has 0 radical (unpaired) electrons. The molecule has 8 heteroatoms. The first-order valence-corrected chi connectivity index (χ1v) is 8.83. The van der Waals surface area contributed by atoms with Gasteiger partial charge in [0, 0.05) is 24.6 Å². The lowest BCUT2D eigenvalue weighted by molar-refractivity contribution is 0.0919. The van der Waals surface area contributed by atoms with E-state index in [1.54, 1.807) is 6.20 Å². The summed E-state index contributed by atoms with van der Waals surface area (Å²) >= 11 is 1.33. The monoisotopic (exact) mass is 333 g/mol. The molecule has 0 unspecified atom stereocenters. The van der Waals surface area contributed by atoms with Crippen LogP contribution < -0.4 is 10.9 Å². The average molecular weight is 333 g/mol. The van der Waals surface area contributed by atoms with Crippen LogP contribution in [0.1, 0.15) is 42.1 Å². The van der Waals surface area contributed by atoms with Crippen LogP contribution in [0.15, 0.2) is 34.6 Å². The van der Waals surface area contributed by atoms with Crippen molar-refractivity contribution in [1.82, 2.24) is 25.1 Å². The van der Waals surface area contributed by atoms with Gasteiger partial charge in [-0.25, -0.2) is 4.98 Å². The lowest BCUT2D eigenvalue weighted by Gasteiger charge is -2.29. The standard InChI is InChI=1S/C15H19N5O2S/c1-23-15-16-9-12(14(22)19-15)13(21)18-10-3-5-11(6-4-10)20-8-2-7-17-20/h2,7-11H,3-6H2,1H3,(H,18,21)(H,16,19,22). The molecule has 0 atom stereocenters. The Balaban J connectivity index is 1.58. The predicted octanol–water partition coefficient (Wildman–Crippen LogP) is 1.60. The first kappa shape index (κ1) is 15.8. The Bertz CT molecular complexity index is 720. The number of amides is 1. The van der Waals surface area contributed by atoms with Crippen molar-refractivity contribution in [2.45, 2.75) is 42.9 Å². The molecule has 0 aliphatic heterocycles. The van der Waals surface area contributed by atoms with E-state index in [0.29, 0.717) is 11.2 Å². The summed E-state index contributed by atoms with van der Waals surface area (Å²) < 4.78 is 1.98. The van der Waals surface area contributed by atoms with E-state index in [0.717, 1.165) is 25.7 Å². The third-order valence-electron chi connectivity index (χ3n) is 4.14. The molecule has 0 bridgehead atoms. The smallest absolute Gasteiger partial charge is 0.264 e. The molecule has 2 N–H and O–H groups in total. The van der Waals surface area contributed by atoms with Gasteiger partial charge in [0.1, 0.15) is 5.56 Å². The van der Waals surface area contributed by atoms with E-state index in [9.17, 15) is 9.59 Å². The highest BCUT2D eigenvalue weighted by Crippen LogP contribution is 2.27. The number of aromatic nitrogens is 4. The van der Waals surface area contributed by atoms with E-state index in [4.69, 9.17) is 0 Å². The Kier molecular flexibility index (Phi) is 4.80. The Morgan fingerprint density at radius 1 is 1.39 bits per heavy atom. The van der Waals surface area contributed by atoms with Gasteiger partial charge >= 0.3 is 0 Å². The number of H-pyrrole nitrogens is 1. The SMILES string of the molecule is CSc1ncc(C(=O)NC2CCC(n3cccn3)CC2)c(=O)[nH]1. The fraction of sp³-hybridized carbons (Fsp3) is 0.467. The Morgan fingerprint density at radius 3 is 2.78 bits per heavy atom. The van der Waals surface area contributed by atoms with Crippen molar-refractivity contribution in [2.75, 3.05) is 6.26 Å². The molecule has 0 saturated heterocycles. The van der Waals surface area contributed by atoms with Crippen LogP contribution in [0.25, 0.3) is 0 Å². The number of carbonyl (C=O) groups excluding carboxylic acids is 1. The van der Waals surface area contributed by atoms with Crippen molar-refractivity contribution in [3.63, 3.8) is 0 Å². The van der Waals surface area contributed by atoms with E-state index in [1.165, 1.54) is 18.0 Å². The third-order valence-corrected chi connectivity index (χ3v) is 4.74. The molecule has 23 heavy (non-hydrogen) atoms. The van der Waals surface area contributed by atoms with Crippen molar-refractivity contribution in [1.29, 1.82) is 0 Å². The lowest BCUT2D eigenvalue weighted by atomic mass is 9.91. The second kappa shape index (κ2) is 6.99. The first-order chi connectivity index (χ1) is 11.2. The normalized spacial score (nSPS) is 21.1. The zero-order valence-corrected chi connectivity index (χ0v) is 13.7. The van der Waals surface area contributed by atoms with Gasteiger partial charge in [0.05, 0.1) is 6.04 Å². The van der Waals surface area contributed by atoms with Gasteiger partial charge in [-0.15, -0.1) is 0 Å². The molecule has 7 nitrogen and oxygen atoms in total. The van der Waals surface area contributed by atoms with Crippen LogP contribution in [-0.2, 0) is 0 Å². The predicted molar refractivity (Wildman–Crippen MR) is 87.6 cm³/mol. The van der Waals surface area contributed by atoms with Crippen LogP contribution in [0.3, 0.4) is 0 Å². The van der Waals surface area contributed by atoms with Gasteiger partial charge in [-0.05, 0) is 38.0 Å². The maximum Gasteiger partial charge on any atom is 0.264 e.